The summed E-state index contributed by atoms with van der Waals surface area (Å²) < 4.78 is 0. The Morgan fingerprint density at radius 3 is 1.67 bits per heavy atom. The van der Waals surface area contributed by atoms with Gasteiger partial charge in [0.05, 0.1) is 0 Å². The zero-order valence-corrected chi connectivity index (χ0v) is 18.0. The second-order valence-electron chi connectivity index (χ2n) is 5.10. The molecule has 0 radical (unpaired) electrons. The van der Waals surface area contributed by atoms with Gasteiger partial charge in [-0.1, -0.05) is 30.3 Å². The minimum atomic E-state index is 1.24. The van der Waals surface area contributed by atoms with Crippen LogP contribution < -0.4 is 26.4 Å². The van der Waals surface area contributed by atoms with Crippen molar-refractivity contribution in [3.63, 3.8) is 0 Å². The summed E-state index contributed by atoms with van der Waals surface area (Å²) in [5, 5.41) is 8.84. The monoisotopic (exact) mass is 368 g/mol. The third-order valence-corrected chi connectivity index (χ3v) is 6.16. The summed E-state index contributed by atoms with van der Waals surface area (Å²) >= 11 is 0. The van der Waals surface area contributed by atoms with Crippen molar-refractivity contribution in [3.8, 4) is 11.1 Å². The van der Waals surface area contributed by atoms with Gasteiger partial charge in [-0.15, -0.1) is 46.2 Å². The fourth-order valence-electron chi connectivity index (χ4n) is 2.54. The van der Waals surface area contributed by atoms with Gasteiger partial charge in [0.2, 0.25) is 0 Å². The molecule has 2 rings (SSSR count). The van der Waals surface area contributed by atoms with Crippen molar-refractivity contribution in [3.05, 3.63) is 40.8 Å². The summed E-state index contributed by atoms with van der Waals surface area (Å²) in [6, 6.07) is 10.6. The zero-order chi connectivity index (χ0) is 15.7. The van der Waals surface area contributed by atoms with Crippen molar-refractivity contribution in [1.29, 1.82) is 0 Å². The Morgan fingerprint density at radius 1 is 0.714 bits per heavy atom. The molecule has 5 atom stereocenters. The van der Waals surface area contributed by atoms with Crippen molar-refractivity contribution in [2.75, 3.05) is 0 Å². The van der Waals surface area contributed by atoms with Crippen LogP contribution >= 0.6 is 46.2 Å². The molecule has 0 nitrogen and oxygen atoms in total. The van der Waals surface area contributed by atoms with Crippen LogP contribution in [0.2, 0.25) is 0 Å². The molecule has 0 N–H and O–H groups in total. The summed E-state index contributed by atoms with van der Waals surface area (Å²) in [5.41, 5.74) is 2.53. The van der Waals surface area contributed by atoms with Crippen LogP contribution in [-0.2, 0) is 0 Å². The van der Waals surface area contributed by atoms with Crippen LogP contribution in [0.4, 0.5) is 0 Å². The van der Waals surface area contributed by atoms with E-state index in [9.17, 15) is 0 Å². The zero-order valence-electron chi connectivity index (χ0n) is 12.3. The van der Waals surface area contributed by atoms with Crippen LogP contribution in [0.25, 0.3) is 21.8 Å². The minimum Gasteiger partial charge on any atom is -0.110 e. The van der Waals surface area contributed by atoms with E-state index in [-0.39, 0.29) is 0 Å². The average Bonchev–Trinajstić information content (AvgIpc) is 2.43. The van der Waals surface area contributed by atoms with Crippen LogP contribution in [0.1, 0.15) is 13.8 Å². The maximum atomic E-state index is 2.94. The summed E-state index contributed by atoms with van der Waals surface area (Å²) in [5.74, 6) is 0. The molecule has 0 spiro atoms. The van der Waals surface area contributed by atoms with Crippen molar-refractivity contribution in [2.24, 2.45) is 0 Å². The summed E-state index contributed by atoms with van der Waals surface area (Å²) in [6.07, 6.45) is 0. The van der Waals surface area contributed by atoms with Gasteiger partial charge in [-0.3, -0.25) is 0 Å². The van der Waals surface area contributed by atoms with Gasteiger partial charge in [-0.05, 0) is 62.0 Å². The predicted octanol–water partition coefficient (Wildman–Crippen LogP) is 1.86. The molecule has 0 fully saturated rings. The van der Waals surface area contributed by atoms with Gasteiger partial charge in [0.25, 0.3) is 0 Å². The molecular weight excluding hydrogens is 347 g/mol. The molecule has 0 heterocycles. The summed E-state index contributed by atoms with van der Waals surface area (Å²) in [7, 11) is 14.5. The second-order valence-corrected chi connectivity index (χ2v) is 8.56. The van der Waals surface area contributed by atoms with E-state index < -0.39 is 0 Å². The van der Waals surface area contributed by atoms with E-state index in [2.05, 4.69) is 90.4 Å². The van der Waals surface area contributed by atoms with Crippen LogP contribution in [0.15, 0.2) is 30.3 Å². The van der Waals surface area contributed by atoms with Gasteiger partial charge >= 0.3 is 0 Å². The quantitative estimate of drug-likeness (QED) is 0.675. The largest absolute Gasteiger partial charge is 0.110 e. The smallest absolute Gasteiger partial charge is 0.00278 e. The van der Waals surface area contributed by atoms with Crippen molar-refractivity contribution < 1.29 is 0 Å². The molecule has 5 heteroatoms. The van der Waals surface area contributed by atoms with Crippen molar-refractivity contribution in [1.82, 2.24) is 0 Å². The van der Waals surface area contributed by atoms with E-state index in [1.165, 1.54) is 48.1 Å². The number of hydrogen-bond acceptors (Lipinski definition) is 0. The molecule has 21 heavy (non-hydrogen) atoms. The van der Waals surface area contributed by atoms with Crippen molar-refractivity contribution in [2.45, 2.75) is 13.8 Å². The molecule has 5 unspecified atom stereocenters. The Hall–Kier alpha value is 0.330. The first kappa shape index (κ1) is 17.7. The lowest BCUT2D eigenvalue weighted by Crippen LogP contribution is -2.50. The molecule has 0 amide bonds. The topological polar surface area (TPSA) is 0 Å². The molecule has 110 valence electrons. The fourth-order valence-corrected chi connectivity index (χ4v) is 5.32. The highest BCUT2D eigenvalue weighted by Gasteiger charge is 2.13. The number of rotatable bonds is 1. The lowest BCUT2D eigenvalue weighted by atomic mass is 10.0. The van der Waals surface area contributed by atoms with Gasteiger partial charge < -0.3 is 0 Å². The highest BCUT2D eigenvalue weighted by molar-refractivity contribution is 7.37. The third-order valence-electron chi connectivity index (χ3n) is 3.47. The standard InChI is InChI=1S/C16H21P5/c1-8(17)11-12(9(2)18)15(20)16(21)13(14(11)19)10-6-4-3-5-7-10/h3-7H,17-21H2,1-2H3/b11-8-,12-9-. The van der Waals surface area contributed by atoms with Crippen LogP contribution in [-0.4, -0.2) is 0 Å². The van der Waals surface area contributed by atoms with E-state index in [1.807, 2.05) is 0 Å². The Labute approximate surface area is 138 Å². The maximum Gasteiger partial charge on any atom is -0.00278 e. The van der Waals surface area contributed by atoms with Gasteiger partial charge in [-0.2, -0.15) is 0 Å². The molecule has 0 aromatic heterocycles. The van der Waals surface area contributed by atoms with E-state index in [1.54, 1.807) is 0 Å². The Kier molecular flexibility index (Phi) is 6.12. The van der Waals surface area contributed by atoms with E-state index in [4.69, 9.17) is 0 Å². The summed E-state index contributed by atoms with van der Waals surface area (Å²) in [4.78, 5) is 0. The lowest BCUT2D eigenvalue weighted by molar-refractivity contribution is 1.57. The first-order valence-corrected chi connectivity index (χ1v) is 9.49. The van der Waals surface area contributed by atoms with Gasteiger partial charge in [0.1, 0.15) is 0 Å². The number of hydrogen-bond donors (Lipinski definition) is 0. The number of benzene rings is 2. The second kappa shape index (κ2) is 7.27. The highest BCUT2D eigenvalue weighted by Crippen LogP contribution is 2.18. The molecule has 0 aliphatic carbocycles. The van der Waals surface area contributed by atoms with E-state index in [0.717, 1.165) is 0 Å². The Morgan fingerprint density at radius 2 is 1.19 bits per heavy atom. The minimum absolute atomic E-state index is 1.24. The molecule has 0 bridgehead atoms. The normalized spacial score (nSPS) is 14.0. The van der Waals surface area contributed by atoms with Gasteiger partial charge in [-0.25, -0.2) is 0 Å². The average molecular weight is 368 g/mol. The van der Waals surface area contributed by atoms with Gasteiger partial charge in [0, 0.05) is 0 Å². The Bertz CT molecular complexity index is 799. The van der Waals surface area contributed by atoms with Crippen LogP contribution in [0.3, 0.4) is 0 Å². The van der Waals surface area contributed by atoms with E-state index >= 15 is 0 Å². The molecule has 2 aromatic carbocycles. The van der Waals surface area contributed by atoms with Crippen molar-refractivity contribution >= 4 is 72.7 Å². The molecule has 0 saturated carbocycles. The molecule has 2 aromatic rings. The van der Waals surface area contributed by atoms with Crippen LogP contribution in [0.5, 0.6) is 0 Å². The molecule has 0 aliphatic heterocycles. The SMILES string of the molecule is C/C(P)=c1/c(P)c(P)c(-c2ccccc2)c(P)/c1=C(/C)P. The molecule has 0 saturated heterocycles. The van der Waals surface area contributed by atoms with Gasteiger partial charge in [0.15, 0.2) is 0 Å². The predicted molar refractivity (Wildman–Crippen MR) is 117 cm³/mol. The van der Waals surface area contributed by atoms with Crippen LogP contribution in [0, 0.1) is 0 Å². The first-order chi connectivity index (χ1) is 9.86. The fraction of sp³-hybridized carbons (Fsp3) is 0.125. The Balaban J connectivity index is 3.11. The summed E-state index contributed by atoms with van der Waals surface area (Å²) in [6.45, 7) is 4.28. The molecule has 0 aliphatic rings. The maximum absolute atomic E-state index is 2.94. The third kappa shape index (κ3) is 3.48. The first-order valence-electron chi connectivity index (χ1n) is 6.60. The molecular formula is C16H21P5. The lowest BCUT2D eigenvalue weighted by Gasteiger charge is -2.16. The van der Waals surface area contributed by atoms with E-state index in [0.29, 0.717) is 0 Å². The highest BCUT2D eigenvalue weighted by atomic mass is 31.0.